The molecule has 1 aromatic rings. The van der Waals surface area contributed by atoms with Crippen LogP contribution in [0.3, 0.4) is 0 Å². The molecule has 1 rings (SSSR count). The van der Waals surface area contributed by atoms with Gasteiger partial charge < -0.3 is 5.11 Å². The van der Waals surface area contributed by atoms with E-state index in [2.05, 4.69) is 0 Å². The van der Waals surface area contributed by atoms with Gasteiger partial charge in [0.1, 0.15) is 5.60 Å². The van der Waals surface area contributed by atoms with Gasteiger partial charge in [0.25, 0.3) is 0 Å². The van der Waals surface area contributed by atoms with Gasteiger partial charge in [0.15, 0.2) is 0 Å². The number of Topliss-reactive ketones (excluding diaryl/α,β-unsaturated/α-hetero) is 1. The van der Waals surface area contributed by atoms with Crippen LogP contribution in [0.1, 0.15) is 41.2 Å². The summed E-state index contributed by atoms with van der Waals surface area (Å²) in [5.41, 5.74) is -1.17. The van der Waals surface area contributed by atoms with Crippen LogP contribution < -0.4 is 0 Å². The summed E-state index contributed by atoms with van der Waals surface area (Å²) in [5, 5.41) is 10.0. The Hall–Kier alpha value is -0.670. The number of carbonyl (C=O) groups is 1. The van der Waals surface area contributed by atoms with Crippen molar-refractivity contribution >= 4 is 17.1 Å². The van der Waals surface area contributed by atoms with Gasteiger partial charge in [-0.15, -0.1) is 11.3 Å². The minimum Gasteiger partial charge on any atom is -0.382 e. The summed E-state index contributed by atoms with van der Waals surface area (Å²) < 4.78 is 0. The van der Waals surface area contributed by atoms with Gasteiger partial charge >= 0.3 is 0 Å². The van der Waals surface area contributed by atoms with Crippen LogP contribution in [0.2, 0.25) is 0 Å². The molecule has 0 saturated carbocycles. The second-order valence-corrected chi connectivity index (χ2v) is 4.77. The number of thiophene rings is 1. The first-order valence-electron chi connectivity index (χ1n) is 4.87. The number of ketones is 1. The molecule has 0 amide bonds. The number of hydrogen-bond donors (Lipinski definition) is 1. The van der Waals surface area contributed by atoms with Gasteiger partial charge in [0, 0.05) is 4.88 Å². The molecule has 0 spiro atoms. The maximum absolute atomic E-state index is 11.9. The Kier molecular flexibility index (Phi) is 3.45. The van der Waals surface area contributed by atoms with E-state index >= 15 is 0 Å². The Labute approximate surface area is 88.6 Å². The Balaban J connectivity index is 2.94. The van der Waals surface area contributed by atoms with Crippen molar-refractivity contribution in [3.8, 4) is 0 Å². The van der Waals surface area contributed by atoms with Crippen LogP contribution in [-0.2, 0) is 0 Å². The number of aryl methyl sites for hydroxylation is 1. The highest BCUT2D eigenvalue weighted by Crippen LogP contribution is 2.25. The molecule has 1 aromatic heterocycles. The number of aliphatic hydroxyl groups is 1. The summed E-state index contributed by atoms with van der Waals surface area (Å²) in [6.45, 7) is 5.63. The normalized spacial score (nSPS) is 11.7. The van der Waals surface area contributed by atoms with Crippen molar-refractivity contribution in [1.29, 1.82) is 0 Å². The molecule has 2 nitrogen and oxygen atoms in total. The summed E-state index contributed by atoms with van der Waals surface area (Å²) in [6.07, 6.45) is 0.943. The monoisotopic (exact) mass is 212 g/mol. The van der Waals surface area contributed by atoms with Crippen LogP contribution in [-0.4, -0.2) is 16.5 Å². The second-order valence-electron chi connectivity index (χ2n) is 3.48. The number of carbonyl (C=O) groups excluding carboxylic acids is 1. The molecule has 0 bridgehead atoms. The fourth-order valence-electron chi connectivity index (χ4n) is 1.36. The molecule has 0 atom stereocenters. The van der Waals surface area contributed by atoms with Crippen molar-refractivity contribution in [1.82, 2.24) is 0 Å². The van der Waals surface area contributed by atoms with Crippen molar-refractivity contribution in [2.45, 2.75) is 39.2 Å². The Morgan fingerprint density at radius 1 is 1.43 bits per heavy atom. The molecule has 0 fully saturated rings. The maximum Gasteiger partial charge on any atom is 0.204 e. The molecule has 1 N–H and O–H groups in total. The summed E-state index contributed by atoms with van der Waals surface area (Å²) >= 11 is 1.44. The van der Waals surface area contributed by atoms with E-state index in [9.17, 15) is 9.90 Å². The van der Waals surface area contributed by atoms with Gasteiger partial charge in [-0.1, -0.05) is 13.8 Å². The molecule has 0 aromatic carbocycles. The topological polar surface area (TPSA) is 37.3 Å². The minimum absolute atomic E-state index is 0.138. The third kappa shape index (κ3) is 2.04. The Bertz CT molecular complexity index is 324. The first-order chi connectivity index (χ1) is 6.53. The molecule has 1 heterocycles. The van der Waals surface area contributed by atoms with Crippen LogP contribution in [0.5, 0.6) is 0 Å². The van der Waals surface area contributed by atoms with E-state index in [1.54, 1.807) is 6.07 Å². The quantitative estimate of drug-likeness (QED) is 0.779. The molecular formula is C11H16O2S. The zero-order valence-electron chi connectivity index (χ0n) is 8.83. The van der Waals surface area contributed by atoms with E-state index in [0.29, 0.717) is 17.7 Å². The van der Waals surface area contributed by atoms with Crippen LogP contribution in [0.4, 0.5) is 0 Å². The highest BCUT2D eigenvalue weighted by Gasteiger charge is 2.33. The molecule has 0 unspecified atom stereocenters. The standard InChI is InChI=1S/C11H16O2S/c1-4-11(13,5-2)10(12)9-7-6-8(3)14-9/h6-7,13H,4-5H2,1-3H3. The third-order valence-corrected chi connectivity index (χ3v) is 3.56. The molecule has 0 saturated heterocycles. The maximum atomic E-state index is 11.9. The SMILES string of the molecule is CCC(O)(CC)C(=O)c1ccc(C)s1. The fourth-order valence-corrected chi connectivity index (χ4v) is 2.26. The molecule has 3 heteroatoms. The fraction of sp³-hybridized carbons (Fsp3) is 0.545. The first-order valence-corrected chi connectivity index (χ1v) is 5.68. The predicted molar refractivity (Wildman–Crippen MR) is 58.9 cm³/mol. The van der Waals surface area contributed by atoms with Gasteiger partial charge in [-0.3, -0.25) is 4.79 Å². The van der Waals surface area contributed by atoms with Gasteiger partial charge in [-0.25, -0.2) is 0 Å². The Morgan fingerprint density at radius 2 is 2.00 bits per heavy atom. The minimum atomic E-state index is -1.17. The van der Waals surface area contributed by atoms with Crippen molar-refractivity contribution in [2.24, 2.45) is 0 Å². The van der Waals surface area contributed by atoms with Crippen molar-refractivity contribution in [3.63, 3.8) is 0 Å². The average Bonchev–Trinajstić information content (AvgIpc) is 2.62. The first kappa shape index (κ1) is 11.4. The largest absolute Gasteiger partial charge is 0.382 e. The van der Waals surface area contributed by atoms with E-state index in [1.807, 2.05) is 26.8 Å². The smallest absolute Gasteiger partial charge is 0.204 e. The second kappa shape index (κ2) is 4.24. The molecule has 78 valence electrons. The molecule has 0 aliphatic carbocycles. The van der Waals surface area contributed by atoms with Gasteiger partial charge in [-0.05, 0) is 31.9 Å². The lowest BCUT2D eigenvalue weighted by Gasteiger charge is -2.22. The lowest BCUT2D eigenvalue weighted by molar-refractivity contribution is 0.0282. The van der Waals surface area contributed by atoms with Gasteiger partial charge in [0.2, 0.25) is 5.78 Å². The van der Waals surface area contributed by atoms with E-state index in [0.717, 1.165) is 4.88 Å². The van der Waals surface area contributed by atoms with E-state index in [1.165, 1.54) is 11.3 Å². The van der Waals surface area contributed by atoms with Crippen LogP contribution in [0, 0.1) is 6.92 Å². The summed E-state index contributed by atoms with van der Waals surface area (Å²) in [4.78, 5) is 13.7. The predicted octanol–water partition coefficient (Wildman–Crippen LogP) is 2.79. The summed E-state index contributed by atoms with van der Waals surface area (Å²) in [5.74, 6) is -0.138. The van der Waals surface area contributed by atoms with Gasteiger partial charge in [-0.2, -0.15) is 0 Å². The highest BCUT2D eigenvalue weighted by molar-refractivity contribution is 7.14. The number of hydrogen-bond acceptors (Lipinski definition) is 3. The zero-order chi connectivity index (χ0) is 10.8. The van der Waals surface area contributed by atoms with E-state index in [-0.39, 0.29) is 5.78 Å². The number of rotatable bonds is 4. The molecular weight excluding hydrogens is 196 g/mol. The highest BCUT2D eigenvalue weighted by atomic mass is 32.1. The van der Waals surface area contributed by atoms with Crippen molar-refractivity contribution in [3.05, 3.63) is 21.9 Å². The molecule has 0 radical (unpaired) electrons. The van der Waals surface area contributed by atoms with Crippen LogP contribution in [0.25, 0.3) is 0 Å². The van der Waals surface area contributed by atoms with Gasteiger partial charge in [0.05, 0.1) is 4.88 Å². The van der Waals surface area contributed by atoms with Crippen molar-refractivity contribution < 1.29 is 9.90 Å². The summed E-state index contributed by atoms with van der Waals surface area (Å²) in [6, 6.07) is 3.70. The van der Waals surface area contributed by atoms with Crippen LogP contribution >= 0.6 is 11.3 Å². The summed E-state index contributed by atoms with van der Waals surface area (Å²) in [7, 11) is 0. The van der Waals surface area contributed by atoms with E-state index in [4.69, 9.17) is 0 Å². The Morgan fingerprint density at radius 3 is 2.36 bits per heavy atom. The lowest BCUT2D eigenvalue weighted by Crippen LogP contribution is -2.36. The molecule has 0 aliphatic heterocycles. The third-order valence-electron chi connectivity index (χ3n) is 2.56. The van der Waals surface area contributed by atoms with Crippen LogP contribution in [0.15, 0.2) is 12.1 Å². The zero-order valence-corrected chi connectivity index (χ0v) is 9.65. The molecule has 14 heavy (non-hydrogen) atoms. The average molecular weight is 212 g/mol. The van der Waals surface area contributed by atoms with E-state index < -0.39 is 5.60 Å². The molecule has 0 aliphatic rings. The lowest BCUT2D eigenvalue weighted by atomic mass is 9.91. The van der Waals surface area contributed by atoms with Crippen molar-refractivity contribution in [2.75, 3.05) is 0 Å².